The van der Waals surface area contributed by atoms with Gasteiger partial charge < -0.3 is 26.4 Å². The van der Waals surface area contributed by atoms with Gasteiger partial charge in [0.2, 0.25) is 11.9 Å². The molecule has 1 aromatic carbocycles. The van der Waals surface area contributed by atoms with Gasteiger partial charge in [0.05, 0.1) is 0 Å². The molecule has 0 unspecified atom stereocenters. The Balaban J connectivity index is 0.000000402. The minimum absolute atomic E-state index is 0.0216. The van der Waals surface area contributed by atoms with Gasteiger partial charge >= 0.3 is 12.1 Å². The van der Waals surface area contributed by atoms with Gasteiger partial charge in [-0.05, 0) is 30.3 Å². The van der Waals surface area contributed by atoms with E-state index in [1.807, 2.05) is 6.07 Å². The van der Waals surface area contributed by atoms with E-state index < -0.39 is 17.7 Å². The summed E-state index contributed by atoms with van der Waals surface area (Å²) < 4.78 is 39.4. The Kier molecular flexibility index (Phi) is 9.75. The molecule has 0 atom stereocenters. The number of nitrogens with one attached hydrogen (secondary N) is 4. The van der Waals surface area contributed by atoms with Crippen LogP contribution in [0.3, 0.4) is 0 Å². The monoisotopic (exact) mass is 491 g/mol. The number of alkyl halides is 3. The number of nitrogens with zero attached hydrogens (tertiary/aromatic N) is 3. The molecule has 2 heterocycles. The first-order valence-electron chi connectivity index (χ1n) is 10.2. The molecule has 186 valence electrons. The van der Waals surface area contributed by atoms with Crippen LogP contribution in [0.5, 0.6) is 0 Å². The number of halogens is 3. The number of hydrogen-bond acceptors (Lipinski definition) is 8. The van der Waals surface area contributed by atoms with E-state index in [9.17, 15) is 22.8 Å². The topological polar surface area (TPSA) is 141 Å². The minimum atomic E-state index is -4.60. The van der Waals surface area contributed by atoms with E-state index in [-0.39, 0.29) is 36.5 Å². The first kappa shape index (κ1) is 26.8. The number of benzene rings is 1. The number of aromatic carboxylic acids is 1. The third-order valence-electron chi connectivity index (χ3n) is 4.18. The van der Waals surface area contributed by atoms with Crippen LogP contribution in [0.15, 0.2) is 54.9 Å². The number of carbonyl (C=O) groups is 2. The quantitative estimate of drug-likeness (QED) is 0.299. The van der Waals surface area contributed by atoms with E-state index in [4.69, 9.17) is 5.11 Å². The number of carbonyl (C=O) groups excluding carboxylic acids is 1. The maximum atomic E-state index is 13.1. The molecule has 0 spiro atoms. The predicted octanol–water partition coefficient (Wildman–Crippen LogP) is 3.61. The van der Waals surface area contributed by atoms with Crippen LogP contribution in [0.1, 0.15) is 23.0 Å². The van der Waals surface area contributed by atoms with Crippen molar-refractivity contribution in [2.24, 2.45) is 0 Å². The van der Waals surface area contributed by atoms with Gasteiger partial charge in [-0.25, -0.2) is 14.8 Å². The highest BCUT2D eigenvalue weighted by molar-refractivity contribution is 5.85. The lowest BCUT2D eigenvalue weighted by Crippen LogP contribution is -2.27. The molecule has 0 radical (unpaired) electrons. The van der Waals surface area contributed by atoms with Crippen molar-refractivity contribution >= 4 is 35.0 Å². The summed E-state index contributed by atoms with van der Waals surface area (Å²) in [6, 6.07) is 11.9. The third-order valence-corrected chi connectivity index (χ3v) is 4.18. The highest BCUT2D eigenvalue weighted by atomic mass is 19.4. The molecule has 3 rings (SSSR count). The Hall–Kier alpha value is -4.42. The number of amides is 1. The first-order chi connectivity index (χ1) is 16.6. The molecule has 0 aliphatic heterocycles. The van der Waals surface area contributed by atoms with Crippen LogP contribution in [0.25, 0.3) is 0 Å². The summed E-state index contributed by atoms with van der Waals surface area (Å²) in [6.45, 7) is 1.59. The number of anilines is 4. The van der Waals surface area contributed by atoms with E-state index in [1.165, 1.54) is 19.2 Å². The molecule has 13 heteroatoms. The fourth-order valence-corrected chi connectivity index (χ4v) is 2.57. The van der Waals surface area contributed by atoms with E-state index in [0.717, 1.165) is 11.9 Å². The number of carboxylic acids is 1. The van der Waals surface area contributed by atoms with Crippen molar-refractivity contribution in [1.29, 1.82) is 0 Å². The van der Waals surface area contributed by atoms with Crippen molar-refractivity contribution in [3.05, 3.63) is 66.1 Å². The zero-order valence-electron chi connectivity index (χ0n) is 18.8. The number of pyridine rings is 1. The Labute approximate surface area is 199 Å². The Morgan fingerprint density at radius 2 is 1.77 bits per heavy atom. The predicted molar refractivity (Wildman–Crippen MR) is 125 cm³/mol. The average molecular weight is 491 g/mol. The maximum Gasteiger partial charge on any atom is 0.421 e. The third kappa shape index (κ3) is 9.15. The second-order valence-electron chi connectivity index (χ2n) is 6.84. The van der Waals surface area contributed by atoms with Gasteiger partial charge in [-0.15, -0.1) is 0 Å². The van der Waals surface area contributed by atoms with Gasteiger partial charge in [-0.3, -0.25) is 4.79 Å². The average Bonchev–Trinajstić information content (AvgIpc) is 2.82. The van der Waals surface area contributed by atoms with Crippen molar-refractivity contribution < 1.29 is 27.9 Å². The highest BCUT2D eigenvalue weighted by Gasteiger charge is 2.35. The van der Waals surface area contributed by atoms with E-state index >= 15 is 0 Å². The number of hydrogen-bond donors (Lipinski definition) is 5. The molecule has 35 heavy (non-hydrogen) atoms. The summed E-state index contributed by atoms with van der Waals surface area (Å²) >= 11 is 0. The summed E-state index contributed by atoms with van der Waals surface area (Å²) in [6.07, 6.45) is -2.43. The van der Waals surface area contributed by atoms with Crippen LogP contribution in [0.4, 0.5) is 36.3 Å². The molecule has 1 amide bonds. The van der Waals surface area contributed by atoms with E-state index in [0.29, 0.717) is 5.69 Å². The summed E-state index contributed by atoms with van der Waals surface area (Å²) in [5.41, 5.74) is 0.559. The van der Waals surface area contributed by atoms with Crippen molar-refractivity contribution in [1.82, 2.24) is 20.3 Å². The van der Waals surface area contributed by atoms with Crippen LogP contribution >= 0.6 is 0 Å². The zero-order valence-corrected chi connectivity index (χ0v) is 18.8. The second-order valence-corrected chi connectivity index (χ2v) is 6.84. The minimum Gasteiger partial charge on any atom is -0.477 e. The second kappa shape index (κ2) is 12.7. The number of aromatic nitrogens is 3. The Bertz CT molecular complexity index is 1130. The molecule has 0 aliphatic rings. The smallest absolute Gasteiger partial charge is 0.421 e. The van der Waals surface area contributed by atoms with Crippen LogP contribution in [-0.4, -0.2) is 52.1 Å². The number of carboxylic acid groups (broad SMARTS) is 1. The standard InChI is InChI=1S/C16H19F3N6O.C6H5NO2/c1-10(26)21-6-7-22-14-13(16(17,18)19)9-23-15(25-14)24-12-5-3-4-11(8-12)20-2;8-6(9)5-3-1-2-4-7-5/h3-5,8-9,20H,6-7H2,1-2H3,(H,21,26)(H2,22,23,24,25);1-4H,(H,8,9). The summed E-state index contributed by atoms with van der Waals surface area (Å²) in [4.78, 5) is 32.2. The lowest BCUT2D eigenvalue weighted by molar-refractivity contribution is -0.137. The van der Waals surface area contributed by atoms with Gasteiger partial charge in [-0.1, -0.05) is 12.1 Å². The van der Waals surface area contributed by atoms with E-state index in [2.05, 4.69) is 36.2 Å². The van der Waals surface area contributed by atoms with Crippen LogP contribution < -0.4 is 21.3 Å². The molecular weight excluding hydrogens is 467 g/mol. The molecule has 0 fully saturated rings. The SMILES string of the molecule is CNc1cccc(Nc2ncc(C(F)(F)F)c(NCCNC(C)=O)n2)c1.O=C(O)c1ccccn1. The zero-order chi connectivity index (χ0) is 25.8. The largest absolute Gasteiger partial charge is 0.477 e. The molecular formula is C22H24F3N7O3. The van der Waals surface area contributed by atoms with Crippen molar-refractivity contribution in [2.45, 2.75) is 13.1 Å². The van der Waals surface area contributed by atoms with Crippen molar-refractivity contribution in [2.75, 3.05) is 36.1 Å². The molecule has 0 saturated carbocycles. The molecule has 3 aromatic rings. The molecule has 0 bridgehead atoms. The summed E-state index contributed by atoms with van der Waals surface area (Å²) in [5.74, 6) is -1.59. The lowest BCUT2D eigenvalue weighted by atomic mass is 10.2. The fraction of sp³-hybridized carbons (Fsp3) is 0.227. The van der Waals surface area contributed by atoms with Crippen LogP contribution in [0.2, 0.25) is 0 Å². The molecule has 0 aliphatic carbocycles. The van der Waals surface area contributed by atoms with Crippen molar-refractivity contribution in [3.63, 3.8) is 0 Å². The van der Waals surface area contributed by atoms with Gasteiger partial charge in [0.1, 0.15) is 17.1 Å². The molecule has 0 saturated heterocycles. The molecule has 10 nitrogen and oxygen atoms in total. The van der Waals surface area contributed by atoms with Crippen LogP contribution in [0, 0.1) is 0 Å². The Morgan fingerprint density at radius 3 is 2.34 bits per heavy atom. The number of rotatable bonds is 8. The lowest BCUT2D eigenvalue weighted by Gasteiger charge is -2.15. The Morgan fingerprint density at radius 1 is 1.03 bits per heavy atom. The normalized spacial score (nSPS) is 10.4. The van der Waals surface area contributed by atoms with Gasteiger partial charge in [0.25, 0.3) is 0 Å². The fourth-order valence-electron chi connectivity index (χ4n) is 2.57. The van der Waals surface area contributed by atoms with Gasteiger partial charge in [0, 0.05) is 50.8 Å². The van der Waals surface area contributed by atoms with Crippen molar-refractivity contribution in [3.8, 4) is 0 Å². The first-order valence-corrected chi connectivity index (χ1v) is 10.2. The van der Waals surface area contributed by atoms with Gasteiger partial charge in [-0.2, -0.15) is 18.2 Å². The molecule has 2 aromatic heterocycles. The maximum absolute atomic E-state index is 13.1. The summed E-state index contributed by atoms with van der Waals surface area (Å²) in [5, 5.41) is 19.2. The highest BCUT2D eigenvalue weighted by Crippen LogP contribution is 2.34. The van der Waals surface area contributed by atoms with Crippen LogP contribution in [-0.2, 0) is 11.0 Å². The van der Waals surface area contributed by atoms with Gasteiger partial charge in [0.15, 0.2) is 0 Å². The van der Waals surface area contributed by atoms with E-state index in [1.54, 1.807) is 37.4 Å². The summed E-state index contributed by atoms with van der Waals surface area (Å²) in [7, 11) is 1.75. The molecule has 5 N–H and O–H groups in total.